The van der Waals surface area contributed by atoms with Crippen LogP contribution in [-0.2, 0) is 5.32 Å². The van der Waals surface area contributed by atoms with Gasteiger partial charge in [0.05, 0.1) is 0 Å². The van der Waals surface area contributed by atoms with Crippen LogP contribution in [0.5, 0.6) is 0 Å². The minimum atomic E-state index is -1.02. The zero-order valence-corrected chi connectivity index (χ0v) is 13.0. The molecule has 0 fully saturated rings. The Balaban J connectivity index is 1.96. The van der Waals surface area contributed by atoms with Crippen molar-refractivity contribution in [2.75, 3.05) is 0 Å². The molecule has 0 aliphatic rings. The van der Waals surface area contributed by atoms with Gasteiger partial charge in [-0.3, -0.25) is 0 Å². The third-order valence-corrected chi connectivity index (χ3v) is 8.04. The summed E-state index contributed by atoms with van der Waals surface area (Å²) in [5, 5.41) is 1.16. The minimum absolute atomic E-state index is 1.02. The van der Waals surface area contributed by atoms with E-state index in [-0.39, 0.29) is 0 Å². The van der Waals surface area contributed by atoms with Crippen LogP contribution in [0.4, 0.5) is 0 Å². The van der Waals surface area contributed by atoms with Crippen LogP contribution >= 0.6 is 0 Å². The fourth-order valence-electron chi connectivity index (χ4n) is 2.21. The normalized spacial score (nSPS) is 10.7. The van der Waals surface area contributed by atoms with Crippen molar-refractivity contribution in [3.63, 3.8) is 0 Å². The van der Waals surface area contributed by atoms with Crippen molar-refractivity contribution in [2.24, 2.45) is 0 Å². The molecular weight excluding hydrogens is 307 g/mol. The molecule has 0 unspecified atom stereocenters. The molecule has 0 heterocycles. The summed E-state index contributed by atoms with van der Waals surface area (Å²) in [6.07, 6.45) is 0. The second-order valence-corrected chi connectivity index (χ2v) is 8.87. The molecule has 0 spiro atoms. The SMILES string of the molecule is c1ccc(C[Se](c2ccccc2)c2ccccc2)cc1. The Labute approximate surface area is 125 Å². The molecule has 0 aliphatic heterocycles. The van der Waals surface area contributed by atoms with Crippen LogP contribution in [0.15, 0.2) is 91.0 Å². The second kappa shape index (κ2) is 6.56. The van der Waals surface area contributed by atoms with E-state index in [1.54, 1.807) is 0 Å². The van der Waals surface area contributed by atoms with Crippen LogP contribution in [0.3, 0.4) is 0 Å². The van der Waals surface area contributed by atoms with E-state index in [1.807, 2.05) is 0 Å². The summed E-state index contributed by atoms with van der Waals surface area (Å²) < 4.78 is 3.00. The van der Waals surface area contributed by atoms with E-state index in [1.165, 1.54) is 14.5 Å². The Kier molecular flexibility index (Phi) is 4.32. The van der Waals surface area contributed by atoms with E-state index in [0.29, 0.717) is 0 Å². The predicted molar refractivity (Wildman–Crippen MR) is 88.1 cm³/mol. The molecule has 20 heavy (non-hydrogen) atoms. The molecule has 0 saturated carbocycles. The third kappa shape index (κ3) is 3.19. The average molecular weight is 324 g/mol. The zero-order valence-electron chi connectivity index (χ0n) is 11.3. The summed E-state index contributed by atoms with van der Waals surface area (Å²) in [6.45, 7) is 0. The molecule has 0 aliphatic carbocycles. The monoisotopic (exact) mass is 325 g/mol. The van der Waals surface area contributed by atoms with Gasteiger partial charge in [0, 0.05) is 0 Å². The first-order valence-corrected chi connectivity index (χ1v) is 9.71. The van der Waals surface area contributed by atoms with Gasteiger partial charge in [-0.2, -0.15) is 0 Å². The summed E-state index contributed by atoms with van der Waals surface area (Å²) in [5.41, 5.74) is 1.44. The molecule has 99 valence electrons. The molecule has 0 nitrogen and oxygen atoms in total. The van der Waals surface area contributed by atoms with E-state index in [4.69, 9.17) is 0 Å². The first-order valence-electron chi connectivity index (χ1n) is 6.78. The predicted octanol–water partition coefficient (Wildman–Crippen LogP) is 3.08. The van der Waals surface area contributed by atoms with Gasteiger partial charge in [-0.1, -0.05) is 0 Å². The van der Waals surface area contributed by atoms with Crippen LogP contribution in [0.25, 0.3) is 0 Å². The van der Waals surface area contributed by atoms with Crippen molar-refractivity contribution in [3.05, 3.63) is 96.6 Å². The molecule has 1 heteroatoms. The van der Waals surface area contributed by atoms with Crippen LogP contribution in [-0.4, -0.2) is 13.9 Å². The molecule has 3 rings (SSSR count). The molecule has 0 aromatic heterocycles. The molecule has 3 aromatic carbocycles. The van der Waals surface area contributed by atoms with Gasteiger partial charge in [0.1, 0.15) is 0 Å². The quantitative estimate of drug-likeness (QED) is 0.647. The fourth-order valence-corrected chi connectivity index (χ4v) is 6.62. The molecule has 0 N–H and O–H groups in total. The van der Waals surface area contributed by atoms with Gasteiger partial charge in [0.2, 0.25) is 0 Å². The number of hydrogen-bond acceptors (Lipinski definition) is 0. The Bertz CT molecular complexity index is 593. The van der Waals surface area contributed by atoms with Crippen molar-refractivity contribution in [1.29, 1.82) is 0 Å². The maximum absolute atomic E-state index is 2.28. The van der Waals surface area contributed by atoms with Crippen LogP contribution in [0, 0.1) is 0 Å². The van der Waals surface area contributed by atoms with Crippen LogP contribution in [0.2, 0.25) is 0 Å². The first kappa shape index (κ1) is 13.2. The Morgan fingerprint density at radius 3 is 1.35 bits per heavy atom. The molecule has 0 saturated heterocycles. The van der Waals surface area contributed by atoms with Gasteiger partial charge in [-0.25, -0.2) is 0 Å². The first-order chi connectivity index (χ1) is 9.93. The van der Waals surface area contributed by atoms with E-state index < -0.39 is 13.9 Å². The van der Waals surface area contributed by atoms with E-state index in [2.05, 4.69) is 91.0 Å². The van der Waals surface area contributed by atoms with Gasteiger partial charge in [0.25, 0.3) is 0 Å². The van der Waals surface area contributed by atoms with Gasteiger partial charge in [-0.15, -0.1) is 0 Å². The molecular formula is C19H17Se. The molecule has 0 bridgehead atoms. The van der Waals surface area contributed by atoms with Crippen molar-refractivity contribution < 1.29 is 0 Å². The number of hydrogen-bond donors (Lipinski definition) is 0. The topological polar surface area (TPSA) is 0 Å². The molecule has 1 radical (unpaired) electrons. The van der Waals surface area contributed by atoms with E-state index >= 15 is 0 Å². The summed E-state index contributed by atoms with van der Waals surface area (Å²) in [7, 11) is 0. The third-order valence-electron chi connectivity index (χ3n) is 3.21. The van der Waals surface area contributed by atoms with Gasteiger partial charge in [0.15, 0.2) is 0 Å². The van der Waals surface area contributed by atoms with Crippen LogP contribution in [0.1, 0.15) is 5.56 Å². The molecule has 3 aromatic rings. The Morgan fingerprint density at radius 2 is 0.900 bits per heavy atom. The zero-order chi connectivity index (χ0) is 13.6. The number of benzene rings is 3. The van der Waals surface area contributed by atoms with E-state index in [0.717, 1.165) is 5.32 Å². The summed E-state index contributed by atoms with van der Waals surface area (Å²) in [6, 6.07) is 32.7. The summed E-state index contributed by atoms with van der Waals surface area (Å²) in [4.78, 5) is 0. The van der Waals surface area contributed by atoms with Crippen LogP contribution < -0.4 is 8.92 Å². The maximum atomic E-state index is 2.28. The second-order valence-electron chi connectivity index (χ2n) is 4.65. The van der Waals surface area contributed by atoms with Crippen molar-refractivity contribution in [1.82, 2.24) is 0 Å². The van der Waals surface area contributed by atoms with Crippen molar-refractivity contribution in [3.8, 4) is 0 Å². The van der Waals surface area contributed by atoms with E-state index in [9.17, 15) is 0 Å². The fraction of sp³-hybridized carbons (Fsp3) is 0.0526. The Morgan fingerprint density at radius 1 is 0.500 bits per heavy atom. The van der Waals surface area contributed by atoms with Gasteiger partial charge in [-0.05, 0) is 0 Å². The number of rotatable bonds is 4. The van der Waals surface area contributed by atoms with Crippen molar-refractivity contribution in [2.45, 2.75) is 5.32 Å². The average Bonchev–Trinajstić information content (AvgIpc) is 2.55. The van der Waals surface area contributed by atoms with Gasteiger partial charge >= 0.3 is 125 Å². The Hall–Kier alpha value is -1.82. The molecule has 0 atom stereocenters. The van der Waals surface area contributed by atoms with Gasteiger partial charge < -0.3 is 0 Å². The summed E-state index contributed by atoms with van der Waals surface area (Å²) >= 11 is -1.02. The van der Waals surface area contributed by atoms with Crippen molar-refractivity contribution >= 4 is 22.8 Å². The summed E-state index contributed by atoms with van der Waals surface area (Å²) in [5.74, 6) is 0. The standard InChI is InChI=1S/C19H17Se/c1-4-10-17(11-5-1)16-20(18-12-6-2-7-13-18)19-14-8-3-9-15-19/h1-15H,16H2. The molecule has 0 amide bonds.